The molecule has 0 aliphatic rings. The van der Waals surface area contributed by atoms with Gasteiger partial charge >= 0.3 is 0 Å². The fraction of sp³-hybridized carbons (Fsp3) is 0.412. The maximum atomic E-state index is 12.5. The normalized spacial score (nSPS) is 12.3. The van der Waals surface area contributed by atoms with E-state index in [9.17, 15) is 4.79 Å². The van der Waals surface area contributed by atoms with Gasteiger partial charge in [-0.15, -0.1) is 11.3 Å². The number of aromatic nitrogens is 1. The summed E-state index contributed by atoms with van der Waals surface area (Å²) >= 11 is 13.6. The first kappa shape index (κ1) is 18.2. The number of carbonyl (C=O) groups is 1. The van der Waals surface area contributed by atoms with Crippen LogP contribution < -0.4 is 0 Å². The van der Waals surface area contributed by atoms with Crippen LogP contribution in [-0.4, -0.2) is 22.8 Å². The zero-order chi connectivity index (χ0) is 17.1. The molecule has 1 atom stereocenters. The molecule has 2 aromatic rings. The lowest BCUT2D eigenvalue weighted by Crippen LogP contribution is -2.30. The molecule has 0 radical (unpaired) electrons. The number of hydrogen-bond donors (Lipinski definition) is 0. The van der Waals surface area contributed by atoms with Crippen molar-refractivity contribution in [1.29, 1.82) is 0 Å². The molecule has 0 unspecified atom stereocenters. The Labute approximate surface area is 151 Å². The van der Waals surface area contributed by atoms with Crippen LogP contribution in [0, 0.1) is 6.92 Å². The number of likely N-dealkylation sites (N-methyl/N-ethyl adjacent to an activating group) is 1. The van der Waals surface area contributed by atoms with Crippen molar-refractivity contribution in [3.05, 3.63) is 49.4 Å². The van der Waals surface area contributed by atoms with Gasteiger partial charge in [0.15, 0.2) is 0 Å². The molecule has 0 N–H and O–H groups in total. The number of benzene rings is 1. The lowest BCUT2D eigenvalue weighted by atomic mass is 10.1. The average Bonchev–Trinajstić information content (AvgIpc) is 2.90. The summed E-state index contributed by atoms with van der Waals surface area (Å²) in [6, 6.07) is 5.30. The molecule has 3 nitrogen and oxygen atoms in total. The second kappa shape index (κ2) is 7.65. The molecule has 1 aromatic heterocycles. The lowest BCUT2D eigenvalue weighted by molar-refractivity contribution is -0.131. The quantitative estimate of drug-likeness (QED) is 0.734. The number of rotatable bonds is 5. The van der Waals surface area contributed by atoms with E-state index in [-0.39, 0.29) is 11.9 Å². The van der Waals surface area contributed by atoms with Crippen molar-refractivity contribution in [2.45, 2.75) is 39.7 Å². The minimum atomic E-state index is 0.00284. The zero-order valence-corrected chi connectivity index (χ0v) is 16.0. The highest BCUT2D eigenvalue weighted by molar-refractivity contribution is 7.11. The van der Waals surface area contributed by atoms with Crippen molar-refractivity contribution >= 4 is 40.4 Å². The Morgan fingerprint density at radius 3 is 2.61 bits per heavy atom. The number of nitrogens with zero attached hydrogens (tertiary/aromatic N) is 2. The van der Waals surface area contributed by atoms with Gasteiger partial charge in [0.05, 0.1) is 33.2 Å². The summed E-state index contributed by atoms with van der Waals surface area (Å²) in [7, 11) is 1.83. The maximum Gasteiger partial charge on any atom is 0.227 e. The summed E-state index contributed by atoms with van der Waals surface area (Å²) in [5.74, 6) is 0.0433. The summed E-state index contributed by atoms with van der Waals surface area (Å²) < 4.78 is 0. The number of halogens is 2. The van der Waals surface area contributed by atoms with E-state index in [0.717, 1.165) is 27.6 Å². The zero-order valence-electron chi connectivity index (χ0n) is 13.7. The molecule has 1 aromatic carbocycles. The van der Waals surface area contributed by atoms with Crippen LogP contribution in [0.25, 0.3) is 0 Å². The Kier molecular flexibility index (Phi) is 6.06. The smallest absolute Gasteiger partial charge is 0.227 e. The highest BCUT2D eigenvalue weighted by Gasteiger charge is 2.22. The molecule has 0 spiro atoms. The van der Waals surface area contributed by atoms with Crippen LogP contribution in [0.5, 0.6) is 0 Å². The summed E-state index contributed by atoms with van der Waals surface area (Å²) in [6.07, 6.45) is 1.22. The first-order chi connectivity index (χ1) is 10.8. The molecular weight excluding hydrogens is 351 g/mol. The standard InChI is InChI=1S/C17H20Cl2N2OS/c1-5-15-20-10(2)17(23-15)11(3)21(4)16(22)9-12-6-7-13(18)14(19)8-12/h6-8,11H,5,9H2,1-4H3/t11-/m0/s1. The summed E-state index contributed by atoms with van der Waals surface area (Å²) in [5.41, 5.74) is 1.87. The Morgan fingerprint density at radius 1 is 1.35 bits per heavy atom. The van der Waals surface area contributed by atoms with Gasteiger partial charge < -0.3 is 4.90 Å². The van der Waals surface area contributed by atoms with E-state index in [1.54, 1.807) is 28.4 Å². The van der Waals surface area contributed by atoms with Crippen molar-refractivity contribution in [1.82, 2.24) is 9.88 Å². The third kappa shape index (κ3) is 4.25. The lowest BCUT2D eigenvalue weighted by Gasteiger charge is -2.24. The fourth-order valence-corrected chi connectivity index (χ4v) is 3.77. The van der Waals surface area contributed by atoms with Gasteiger partial charge in [0.2, 0.25) is 5.91 Å². The van der Waals surface area contributed by atoms with Gasteiger partial charge in [0.25, 0.3) is 0 Å². The Balaban J connectivity index is 2.11. The van der Waals surface area contributed by atoms with Crippen molar-refractivity contribution in [2.24, 2.45) is 0 Å². The first-order valence-electron chi connectivity index (χ1n) is 7.49. The van der Waals surface area contributed by atoms with E-state index in [1.165, 1.54) is 0 Å². The monoisotopic (exact) mass is 370 g/mol. The van der Waals surface area contributed by atoms with E-state index < -0.39 is 0 Å². The highest BCUT2D eigenvalue weighted by atomic mass is 35.5. The van der Waals surface area contributed by atoms with Gasteiger partial charge in [0, 0.05) is 11.9 Å². The summed E-state index contributed by atoms with van der Waals surface area (Å²) in [5, 5.41) is 2.07. The minimum Gasteiger partial charge on any atom is -0.338 e. The molecule has 124 valence electrons. The average molecular weight is 371 g/mol. The van der Waals surface area contributed by atoms with Crippen molar-refractivity contribution < 1.29 is 4.79 Å². The van der Waals surface area contributed by atoms with Crippen molar-refractivity contribution in [2.75, 3.05) is 7.05 Å². The highest BCUT2D eigenvalue weighted by Crippen LogP contribution is 2.29. The molecule has 1 amide bonds. The molecule has 1 heterocycles. The van der Waals surface area contributed by atoms with Gasteiger partial charge in [-0.05, 0) is 38.0 Å². The molecule has 0 aliphatic carbocycles. The van der Waals surface area contributed by atoms with Crippen LogP contribution in [0.2, 0.25) is 10.0 Å². The molecule has 6 heteroatoms. The van der Waals surface area contributed by atoms with Crippen LogP contribution in [-0.2, 0) is 17.6 Å². The van der Waals surface area contributed by atoms with E-state index in [4.69, 9.17) is 23.2 Å². The number of thiazole rings is 1. The third-order valence-corrected chi connectivity index (χ3v) is 6.08. The van der Waals surface area contributed by atoms with Crippen LogP contribution >= 0.6 is 34.5 Å². The van der Waals surface area contributed by atoms with Crippen LogP contribution in [0.15, 0.2) is 18.2 Å². The molecule has 0 saturated heterocycles. The Hall–Kier alpha value is -1.10. The Bertz CT molecular complexity index is 715. The SMILES string of the molecule is CCc1nc(C)c([C@H](C)N(C)C(=O)Cc2ccc(Cl)c(Cl)c2)s1. The number of hydrogen-bond acceptors (Lipinski definition) is 3. The molecular formula is C17H20Cl2N2OS. The van der Waals surface area contributed by atoms with E-state index >= 15 is 0 Å². The molecule has 2 rings (SSSR count). The van der Waals surface area contributed by atoms with E-state index in [1.807, 2.05) is 27.0 Å². The predicted octanol–water partition coefficient (Wildman–Crippen LogP) is 5.08. The maximum absolute atomic E-state index is 12.5. The third-order valence-electron chi connectivity index (χ3n) is 3.87. The molecule has 0 fully saturated rings. The summed E-state index contributed by atoms with van der Waals surface area (Å²) in [6.45, 7) is 6.12. The first-order valence-corrected chi connectivity index (χ1v) is 9.06. The second-order valence-electron chi connectivity index (χ2n) is 5.52. The van der Waals surface area contributed by atoms with Crippen molar-refractivity contribution in [3.63, 3.8) is 0 Å². The number of amides is 1. The van der Waals surface area contributed by atoms with Crippen LogP contribution in [0.4, 0.5) is 0 Å². The Morgan fingerprint density at radius 2 is 2.04 bits per heavy atom. The van der Waals surface area contributed by atoms with Crippen LogP contribution in [0.1, 0.15) is 41.0 Å². The van der Waals surface area contributed by atoms with Crippen LogP contribution in [0.3, 0.4) is 0 Å². The number of aryl methyl sites for hydroxylation is 2. The van der Waals surface area contributed by atoms with Gasteiger partial charge in [-0.3, -0.25) is 4.79 Å². The predicted molar refractivity (Wildman–Crippen MR) is 97.6 cm³/mol. The number of carbonyl (C=O) groups excluding carboxylic acids is 1. The molecule has 23 heavy (non-hydrogen) atoms. The van der Waals surface area contributed by atoms with Gasteiger partial charge in [0.1, 0.15) is 0 Å². The molecule has 0 saturated carbocycles. The van der Waals surface area contributed by atoms with E-state index in [0.29, 0.717) is 16.5 Å². The largest absolute Gasteiger partial charge is 0.338 e. The second-order valence-corrected chi connectivity index (χ2v) is 7.45. The topological polar surface area (TPSA) is 33.2 Å². The fourth-order valence-electron chi connectivity index (χ4n) is 2.35. The van der Waals surface area contributed by atoms with Gasteiger partial charge in [-0.2, -0.15) is 0 Å². The minimum absolute atomic E-state index is 0.00284. The van der Waals surface area contributed by atoms with E-state index in [2.05, 4.69) is 11.9 Å². The van der Waals surface area contributed by atoms with Crippen molar-refractivity contribution in [3.8, 4) is 0 Å². The van der Waals surface area contributed by atoms with Gasteiger partial charge in [-0.1, -0.05) is 36.2 Å². The molecule has 0 aliphatic heterocycles. The molecule has 0 bridgehead atoms. The summed E-state index contributed by atoms with van der Waals surface area (Å²) in [4.78, 5) is 20.0. The van der Waals surface area contributed by atoms with Gasteiger partial charge in [-0.25, -0.2) is 4.98 Å².